The number of amides is 1. The summed E-state index contributed by atoms with van der Waals surface area (Å²) in [7, 11) is 0. The quantitative estimate of drug-likeness (QED) is 0.654. The monoisotopic (exact) mass is 425 g/mol. The minimum Gasteiger partial charge on any atom is -0.504 e. The molecule has 0 fully saturated rings. The zero-order chi connectivity index (χ0) is 22.7. The highest BCUT2D eigenvalue weighted by molar-refractivity contribution is 6.16. The second-order valence-electron chi connectivity index (χ2n) is 7.45. The van der Waals surface area contributed by atoms with Crippen molar-refractivity contribution in [3.63, 3.8) is 0 Å². The first-order valence-electron chi connectivity index (χ1n) is 10.3. The van der Waals surface area contributed by atoms with Gasteiger partial charge in [0.1, 0.15) is 5.75 Å². The number of anilines is 1. The number of phenols is 1. The third-order valence-electron chi connectivity index (χ3n) is 5.00. The van der Waals surface area contributed by atoms with Crippen molar-refractivity contribution in [3.8, 4) is 17.2 Å². The van der Waals surface area contributed by atoms with Gasteiger partial charge >= 0.3 is 0 Å². The largest absolute Gasteiger partial charge is 0.504 e. The van der Waals surface area contributed by atoms with E-state index in [1.165, 1.54) is 11.0 Å². The van der Waals surface area contributed by atoms with Crippen molar-refractivity contribution < 1.29 is 29.3 Å². The first kappa shape index (κ1) is 22.2. The highest BCUT2D eigenvalue weighted by Gasteiger charge is 2.45. The summed E-state index contributed by atoms with van der Waals surface area (Å²) in [6.45, 7) is 7.86. The summed E-state index contributed by atoms with van der Waals surface area (Å²) < 4.78 is 11.0. The van der Waals surface area contributed by atoms with Gasteiger partial charge in [-0.05, 0) is 43.7 Å². The van der Waals surface area contributed by atoms with Crippen molar-refractivity contribution in [2.75, 3.05) is 18.1 Å². The topological polar surface area (TPSA) is 96.3 Å². The minimum atomic E-state index is -0.876. The van der Waals surface area contributed by atoms with Gasteiger partial charge in [-0.2, -0.15) is 0 Å². The van der Waals surface area contributed by atoms with Crippen molar-refractivity contribution in [1.82, 2.24) is 0 Å². The third-order valence-corrected chi connectivity index (χ3v) is 5.00. The summed E-state index contributed by atoms with van der Waals surface area (Å²) in [6.07, 6.45) is 0. The Kier molecular flexibility index (Phi) is 6.53. The molecule has 0 aliphatic carbocycles. The second kappa shape index (κ2) is 9.12. The maximum Gasteiger partial charge on any atom is 0.294 e. The number of aromatic hydroxyl groups is 1. The van der Waals surface area contributed by atoms with Crippen LogP contribution in [0.4, 0.5) is 5.69 Å². The molecule has 1 aliphatic heterocycles. The van der Waals surface area contributed by atoms with Gasteiger partial charge in [0, 0.05) is 17.7 Å². The third kappa shape index (κ3) is 4.21. The number of hydrogen-bond acceptors (Lipinski definition) is 6. The lowest BCUT2D eigenvalue weighted by atomic mass is 9.91. The Morgan fingerprint density at radius 1 is 1.06 bits per heavy atom. The van der Waals surface area contributed by atoms with E-state index in [2.05, 4.69) is 0 Å². The molecule has 3 rings (SSSR count). The molecular formula is C24H27NO6. The fourth-order valence-electron chi connectivity index (χ4n) is 3.61. The normalized spacial score (nSPS) is 16.2. The van der Waals surface area contributed by atoms with Gasteiger partial charge in [-0.15, -0.1) is 0 Å². The molecular weight excluding hydrogens is 398 g/mol. The second-order valence-corrected chi connectivity index (χ2v) is 7.45. The molecule has 7 heteroatoms. The first-order chi connectivity index (χ1) is 14.8. The number of aliphatic hydroxyl groups excluding tert-OH is 1. The predicted molar refractivity (Wildman–Crippen MR) is 117 cm³/mol. The number of nitrogens with zero attached hydrogens (tertiary/aromatic N) is 1. The van der Waals surface area contributed by atoms with Crippen LogP contribution in [0.1, 0.15) is 39.3 Å². The standard InChI is InChI=1S/C24H27NO6/c1-5-30-17-9-7-8-16(13-17)25-21(15-10-11-18(26)19(12-15)31-6-2)20(22(27)14(3)4)23(28)24(25)29/h7-14,21,26,28H,5-6H2,1-4H3. The van der Waals surface area contributed by atoms with Gasteiger partial charge in [-0.1, -0.05) is 26.0 Å². The average molecular weight is 425 g/mol. The molecule has 0 saturated carbocycles. The lowest BCUT2D eigenvalue weighted by Gasteiger charge is -2.28. The summed E-state index contributed by atoms with van der Waals surface area (Å²) in [5.74, 6) is -1.25. The van der Waals surface area contributed by atoms with E-state index in [1.807, 2.05) is 6.92 Å². The van der Waals surface area contributed by atoms with E-state index in [0.29, 0.717) is 30.2 Å². The number of ketones is 1. The molecule has 7 nitrogen and oxygen atoms in total. The summed E-state index contributed by atoms with van der Waals surface area (Å²) in [5.41, 5.74) is 1.03. The molecule has 0 radical (unpaired) electrons. The summed E-state index contributed by atoms with van der Waals surface area (Å²) >= 11 is 0. The smallest absolute Gasteiger partial charge is 0.294 e. The first-order valence-corrected chi connectivity index (χ1v) is 10.3. The maximum absolute atomic E-state index is 13.1. The molecule has 1 unspecified atom stereocenters. The molecule has 2 aromatic carbocycles. The van der Waals surface area contributed by atoms with E-state index in [-0.39, 0.29) is 22.9 Å². The lowest BCUT2D eigenvalue weighted by Crippen LogP contribution is -2.31. The Bertz CT molecular complexity index is 1030. The molecule has 0 bridgehead atoms. The fraction of sp³-hybridized carbons (Fsp3) is 0.333. The van der Waals surface area contributed by atoms with Crippen molar-refractivity contribution >= 4 is 17.4 Å². The van der Waals surface area contributed by atoms with E-state index < -0.39 is 23.6 Å². The predicted octanol–water partition coefficient (Wildman–Crippen LogP) is 4.31. The van der Waals surface area contributed by atoms with E-state index in [4.69, 9.17) is 9.47 Å². The van der Waals surface area contributed by atoms with Gasteiger partial charge in [-0.3, -0.25) is 14.5 Å². The number of aliphatic hydroxyl groups is 1. The van der Waals surface area contributed by atoms with Crippen LogP contribution >= 0.6 is 0 Å². The van der Waals surface area contributed by atoms with Gasteiger partial charge in [0.05, 0.1) is 24.8 Å². The fourth-order valence-corrected chi connectivity index (χ4v) is 3.61. The van der Waals surface area contributed by atoms with Gasteiger partial charge in [-0.25, -0.2) is 0 Å². The van der Waals surface area contributed by atoms with Crippen LogP contribution in [0.15, 0.2) is 53.8 Å². The molecule has 0 saturated heterocycles. The molecule has 1 aliphatic rings. The van der Waals surface area contributed by atoms with Crippen LogP contribution in [0.5, 0.6) is 17.2 Å². The van der Waals surface area contributed by atoms with Crippen LogP contribution in [0, 0.1) is 5.92 Å². The number of phenolic OH excluding ortho intramolecular Hbond substituents is 1. The van der Waals surface area contributed by atoms with Crippen LogP contribution in [-0.2, 0) is 9.59 Å². The summed E-state index contributed by atoms with van der Waals surface area (Å²) in [4.78, 5) is 27.5. The van der Waals surface area contributed by atoms with E-state index in [0.717, 1.165) is 0 Å². The van der Waals surface area contributed by atoms with E-state index in [9.17, 15) is 19.8 Å². The average Bonchev–Trinajstić information content (AvgIpc) is 3.00. The van der Waals surface area contributed by atoms with Crippen LogP contribution < -0.4 is 14.4 Å². The van der Waals surface area contributed by atoms with Crippen molar-refractivity contribution in [2.24, 2.45) is 5.92 Å². The maximum atomic E-state index is 13.1. The molecule has 0 spiro atoms. The Morgan fingerprint density at radius 2 is 1.77 bits per heavy atom. The van der Waals surface area contributed by atoms with E-state index >= 15 is 0 Å². The van der Waals surface area contributed by atoms with Crippen LogP contribution in [0.2, 0.25) is 0 Å². The Balaban J connectivity index is 2.19. The molecule has 2 N–H and O–H groups in total. The van der Waals surface area contributed by atoms with Crippen LogP contribution in [0.3, 0.4) is 0 Å². The van der Waals surface area contributed by atoms with Crippen molar-refractivity contribution in [2.45, 2.75) is 33.7 Å². The Morgan fingerprint density at radius 3 is 2.42 bits per heavy atom. The number of hydrogen-bond donors (Lipinski definition) is 2. The van der Waals surface area contributed by atoms with Crippen LogP contribution in [-0.4, -0.2) is 35.1 Å². The van der Waals surface area contributed by atoms with Gasteiger partial charge in [0.25, 0.3) is 5.91 Å². The number of ether oxygens (including phenoxy) is 2. The molecule has 1 amide bonds. The minimum absolute atomic E-state index is 0.0231. The number of Topliss-reactive ketones (excluding diaryl/α,β-unsaturated/α-hetero) is 1. The highest BCUT2D eigenvalue weighted by atomic mass is 16.5. The molecule has 0 aromatic heterocycles. The zero-order valence-electron chi connectivity index (χ0n) is 18.1. The summed E-state index contributed by atoms with van der Waals surface area (Å²) in [5, 5.41) is 20.8. The molecule has 1 heterocycles. The van der Waals surface area contributed by atoms with Crippen molar-refractivity contribution in [3.05, 3.63) is 59.4 Å². The molecule has 1 atom stereocenters. The highest BCUT2D eigenvalue weighted by Crippen LogP contribution is 2.44. The molecule has 2 aromatic rings. The van der Waals surface area contributed by atoms with Gasteiger partial charge in [0.2, 0.25) is 0 Å². The van der Waals surface area contributed by atoms with Gasteiger partial charge < -0.3 is 19.7 Å². The van der Waals surface area contributed by atoms with Crippen LogP contribution in [0.25, 0.3) is 0 Å². The number of carbonyl (C=O) groups is 2. The zero-order valence-corrected chi connectivity index (χ0v) is 18.1. The molecule has 31 heavy (non-hydrogen) atoms. The van der Waals surface area contributed by atoms with Crippen molar-refractivity contribution in [1.29, 1.82) is 0 Å². The Labute approximate surface area is 181 Å². The molecule has 164 valence electrons. The number of carbonyl (C=O) groups excluding carboxylic acids is 2. The van der Waals surface area contributed by atoms with Gasteiger partial charge in [0.15, 0.2) is 23.0 Å². The Hall–Kier alpha value is -3.48. The lowest BCUT2D eigenvalue weighted by molar-refractivity contribution is -0.119. The number of rotatable bonds is 8. The number of benzene rings is 2. The SMILES string of the molecule is CCOc1cccc(N2C(=O)C(O)=C(C(=O)C(C)C)C2c2ccc(O)c(OCC)c2)c1. The van der Waals surface area contributed by atoms with E-state index in [1.54, 1.807) is 57.2 Å². The summed E-state index contributed by atoms with van der Waals surface area (Å²) in [6, 6.07) is 10.7.